The van der Waals surface area contributed by atoms with Crippen LogP contribution in [0.1, 0.15) is 0 Å². The highest BCUT2D eigenvalue weighted by Crippen LogP contribution is 2.22. The largest absolute Gasteiger partial charge is 0.426 e. The molecule has 0 aliphatic rings. The summed E-state index contributed by atoms with van der Waals surface area (Å²) in [5.41, 5.74) is 1.84. The van der Waals surface area contributed by atoms with Gasteiger partial charge in [-0.3, -0.25) is 0 Å². The second-order valence-electron chi connectivity index (χ2n) is 3.62. The summed E-state index contributed by atoms with van der Waals surface area (Å²) in [5.74, 6) is 0.702. The zero-order chi connectivity index (χ0) is 11.7. The fourth-order valence-electron chi connectivity index (χ4n) is 1.59. The van der Waals surface area contributed by atoms with Gasteiger partial charge in [0.1, 0.15) is 5.75 Å². The standard InChI is InChI=1S/C13H9ClN2O/c14-9-5-7-10(8-6-9)17-13-15-11-3-1-2-4-12(11)16-13/h1-8H,(H,15,16). The Hall–Kier alpha value is -2.00. The Kier molecular flexibility index (Phi) is 2.46. The Bertz CT molecular complexity index is 613. The summed E-state index contributed by atoms with van der Waals surface area (Å²) in [6.45, 7) is 0. The molecule has 84 valence electrons. The molecule has 1 N–H and O–H groups in total. The molecular formula is C13H9ClN2O. The van der Waals surface area contributed by atoms with Gasteiger partial charge in [-0.15, -0.1) is 0 Å². The van der Waals surface area contributed by atoms with Gasteiger partial charge in [0.2, 0.25) is 0 Å². The molecule has 0 spiro atoms. The van der Waals surface area contributed by atoms with Gasteiger partial charge in [-0.1, -0.05) is 23.7 Å². The number of benzene rings is 2. The van der Waals surface area contributed by atoms with Crippen LogP contribution >= 0.6 is 11.6 Å². The summed E-state index contributed by atoms with van der Waals surface area (Å²) in [7, 11) is 0. The quantitative estimate of drug-likeness (QED) is 0.740. The number of ether oxygens (including phenoxy) is 1. The lowest BCUT2D eigenvalue weighted by molar-refractivity contribution is 0.449. The average Bonchev–Trinajstić information content (AvgIpc) is 2.74. The maximum atomic E-state index is 5.80. The van der Waals surface area contributed by atoms with Gasteiger partial charge in [-0.2, -0.15) is 4.98 Å². The second kappa shape index (κ2) is 4.11. The molecule has 17 heavy (non-hydrogen) atoms. The zero-order valence-corrected chi connectivity index (χ0v) is 9.61. The molecule has 0 radical (unpaired) electrons. The van der Waals surface area contributed by atoms with Crippen molar-refractivity contribution in [3.63, 3.8) is 0 Å². The predicted molar refractivity (Wildman–Crippen MR) is 67.6 cm³/mol. The van der Waals surface area contributed by atoms with E-state index in [0.717, 1.165) is 11.0 Å². The first-order valence-electron chi connectivity index (χ1n) is 5.19. The van der Waals surface area contributed by atoms with Gasteiger partial charge in [0, 0.05) is 5.02 Å². The molecule has 0 saturated heterocycles. The molecule has 0 aliphatic carbocycles. The van der Waals surface area contributed by atoms with Gasteiger partial charge in [-0.05, 0) is 36.4 Å². The number of hydrogen-bond donors (Lipinski definition) is 1. The van der Waals surface area contributed by atoms with Gasteiger partial charge in [-0.25, -0.2) is 0 Å². The van der Waals surface area contributed by atoms with Crippen LogP contribution in [0.5, 0.6) is 11.8 Å². The van der Waals surface area contributed by atoms with Crippen LogP contribution in [0.2, 0.25) is 5.02 Å². The number of fused-ring (bicyclic) bond motifs is 1. The highest BCUT2D eigenvalue weighted by molar-refractivity contribution is 6.30. The number of imidazole rings is 1. The minimum Gasteiger partial charge on any atom is -0.426 e. The van der Waals surface area contributed by atoms with Crippen molar-refractivity contribution < 1.29 is 4.74 Å². The van der Waals surface area contributed by atoms with E-state index in [1.165, 1.54) is 0 Å². The van der Waals surface area contributed by atoms with Gasteiger partial charge < -0.3 is 9.72 Å². The van der Waals surface area contributed by atoms with Crippen molar-refractivity contribution in [1.29, 1.82) is 0 Å². The molecule has 3 rings (SSSR count). The van der Waals surface area contributed by atoms with Crippen molar-refractivity contribution in [2.24, 2.45) is 0 Å². The smallest absolute Gasteiger partial charge is 0.300 e. The Labute approximate surface area is 103 Å². The molecule has 0 fully saturated rings. The molecule has 0 aliphatic heterocycles. The summed E-state index contributed by atoms with van der Waals surface area (Å²) in [4.78, 5) is 7.41. The normalized spacial score (nSPS) is 10.6. The number of H-pyrrole nitrogens is 1. The lowest BCUT2D eigenvalue weighted by Gasteiger charge is -2.00. The van der Waals surface area contributed by atoms with E-state index < -0.39 is 0 Å². The summed E-state index contributed by atoms with van der Waals surface area (Å²) >= 11 is 5.80. The third-order valence-corrected chi connectivity index (χ3v) is 2.65. The molecule has 4 heteroatoms. The molecule has 0 unspecified atom stereocenters. The predicted octanol–water partition coefficient (Wildman–Crippen LogP) is 4.01. The van der Waals surface area contributed by atoms with E-state index in [9.17, 15) is 0 Å². The number of aromatic amines is 1. The van der Waals surface area contributed by atoms with Crippen molar-refractivity contribution in [3.8, 4) is 11.8 Å². The lowest BCUT2D eigenvalue weighted by Crippen LogP contribution is -1.85. The van der Waals surface area contributed by atoms with Crippen LogP contribution in [0, 0.1) is 0 Å². The van der Waals surface area contributed by atoms with E-state index in [0.29, 0.717) is 16.8 Å². The highest BCUT2D eigenvalue weighted by Gasteiger charge is 2.03. The van der Waals surface area contributed by atoms with E-state index in [4.69, 9.17) is 16.3 Å². The maximum absolute atomic E-state index is 5.80. The van der Waals surface area contributed by atoms with Gasteiger partial charge in [0.05, 0.1) is 11.0 Å². The molecule has 0 bridgehead atoms. The third-order valence-electron chi connectivity index (χ3n) is 2.40. The summed E-state index contributed by atoms with van der Waals surface area (Å²) in [5, 5.41) is 0.682. The van der Waals surface area contributed by atoms with Gasteiger partial charge >= 0.3 is 0 Å². The first-order chi connectivity index (χ1) is 8.31. The van der Waals surface area contributed by atoms with Crippen LogP contribution in [0.25, 0.3) is 11.0 Å². The molecule has 0 atom stereocenters. The summed E-state index contributed by atoms with van der Waals surface area (Å²) in [6.07, 6.45) is 0. The maximum Gasteiger partial charge on any atom is 0.300 e. The molecule has 3 nitrogen and oxygen atoms in total. The number of nitrogens with one attached hydrogen (secondary N) is 1. The average molecular weight is 245 g/mol. The van der Waals surface area contributed by atoms with Crippen LogP contribution in [0.3, 0.4) is 0 Å². The van der Waals surface area contributed by atoms with E-state index in [-0.39, 0.29) is 0 Å². The Balaban J connectivity index is 1.92. The topological polar surface area (TPSA) is 37.9 Å². The third kappa shape index (κ3) is 2.10. The summed E-state index contributed by atoms with van der Waals surface area (Å²) in [6, 6.07) is 15.4. The molecular weight excluding hydrogens is 236 g/mol. The number of rotatable bonds is 2. The van der Waals surface area contributed by atoms with E-state index >= 15 is 0 Å². The van der Waals surface area contributed by atoms with Crippen LogP contribution < -0.4 is 4.74 Å². The van der Waals surface area contributed by atoms with Gasteiger partial charge in [0.15, 0.2) is 0 Å². The minimum absolute atomic E-state index is 0.480. The van der Waals surface area contributed by atoms with Crippen molar-refractivity contribution in [3.05, 3.63) is 53.6 Å². The molecule has 0 amide bonds. The molecule has 3 aromatic rings. The number of halogens is 1. The molecule has 2 aromatic carbocycles. The van der Waals surface area contributed by atoms with Gasteiger partial charge in [0.25, 0.3) is 6.01 Å². The number of aromatic nitrogens is 2. The second-order valence-corrected chi connectivity index (χ2v) is 4.05. The van der Waals surface area contributed by atoms with Crippen LogP contribution in [0.4, 0.5) is 0 Å². The number of para-hydroxylation sites is 2. The molecule has 1 aromatic heterocycles. The number of hydrogen-bond acceptors (Lipinski definition) is 2. The van der Waals surface area contributed by atoms with Crippen LogP contribution in [0.15, 0.2) is 48.5 Å². The molecule has 1 heterocycles. The van der Waals surface area contributed by atoms with Crippen molar-refractivity contribution in [2.75, 3.05) is 0 Å². The van der Waals surface area contributed by atoms with E-state index in [2.05, 4.69) is 9.97 Å². The van der Waals surface area contributed by atoms with Crippen molar-refractivity contribution >= 4 is 22.6 Å². The minimum atomic E-state index is 0.480. The monoisotopic (exact) mass is 244 g/mol. The first kappa shape index (κ1) is 10.2. The first-order valence-corrected chi connectivity index (χ1v) is 5.57. The fourth-order valence-corrected chi connectivity index (χ4v) is 1.72. The fraction of sp³-hybridized carbons (Fsp3) is 0. The van der Waals surface area contributed by atoms with E-state index in [1.807, 2.05) is 24.3 Å². The van der Waals surface area contributed by atoms with Crippen LogP contribution in [-0.2, 0) is 0 Å². The van der Waals surface area contributed by atoms with Crippen molar-refractivity contribution in [1.82, 2.24) is 9.97 Å². The summed E-state index contributed by atoms with van der Waals surface area (Å²) < 4.78 is 5.59. The van der Waals surface area contributed by atoms with Crippen LogP contribution in [-0.4, -0.2) is 9.97 Å². The Morgan fingerprint density at radius 1 is 1.00 bits per heavy atom. The zero-order valence-electron chi connectivity index (χ0n) is 8.85. The molecule has 0 saturated carbocycles. The Morgan fingerprint density at radius 3 is 2.53 bits per heavy atom. The number of nitrogens with zero attached hydrogens (tertiary/aromatic N) is 1. The highest BCUT2D eigenvalue weighted by atomic mass is 35.5. The van der Waals surface area contributed by atoms with Crippen molar-refractivity contribution in [2.45, 2.75) is 0 Å². The Morgan fingerprint density at radius 2 is 1.76 bits per heavy atom. The van der Waals surface area contributed by atoms with E-state index in [1.54, 1.807) is 24.3 Å². The SMILES string of the molecule is Clc1ccc(Oc2nc3ccccc3[nH]2)cc1. The lowest BCUT2D eigenvalue weighted by atomic mass is 10.3.